The zero-order valence-corrected chi connectivity index (χ0v) is 15.2. The van der Waals surface area contributed by atoms with Gasteiger partial charge < -0.3 is 15.5 Å². The highest BCUT2D eigenvalue weighted by Crippen LogP contribution is 2.27. The summed E-state index contributed by atoms with van der Waals surface area (Å²) in [7, 11) is 0. The predicted octanol–water partition coefficient (Wildman–Crippen LogP) is 4.04. The predicted molar refractivity (Wildman–Crippen MR) is 107 cm³/mol. The highest BCUT2D eigenvalue weighted by molar-refractivity contribution is 7.80. The van der Waals surface area contributed by atoms with Gasteiger partial charge in [-0.1, -0.05) is 30.3 Å². The average molecular weight is 340 g/mol. The molecule has 0 bridgehead atoms. The summed E-state index contributed by atoms with van der Waals surface area (Å²) in [5, 5.41) is 7.32. The summed E-state index contributed by atoms with van der Waals surface area (Å²) in [6.07, 6.45) is 2.24. The van der Waals surface area contributed by atoms with E-state index in [0.29, 0.717) is 5.11 Å². The Kier molecular flexibility index (Phi) is 5.36. The maximum Gasteiger partial charge on any atom is 0.170 e. The van der Waals surface area contributed by atoms with Crippen LogP contribution in [-0.4, -0.2) is 24.7 Å². The minimum absolute atomic E-state index is 0.700. The zero-order chi connectivity index (χ0) is 16.9. The number of anilines is 2. The molecule has 0 radical (unpaired) electrons. The van der Waals surface area contributed by atoms with Gasteiger partial charge in [-0.25, -0.2) is 0 Å². The SMILES string of the molecule is Cc1ccc(C)c(NC(=S)NCCCN2CCc3ccccc32)c1. The Morgan fingerprint density at radius 1 is 1.17 bits per heavy atom. The van der Waals surface area contributed by atoms with Crippen LogP contribution in [-0.2, 0) is 6.42 Å². The minimum Gasteiger partial charge on any atom is -0.371 e. The highest BCUT2D eigenvalue weighted by Gasteiger charge is 2.17. The van der Waals surface area contributed by atoms with E-state index in [1.165, 1.54) is 22.4 Å². The van der Waals surface area contributed by atoms with Crippen LogP contribution < -0.4 is 15.5 Å². The summed E-state index contributed by atoms with van der Waals surface area (Å²) in [5.41, 5.74) is 6.39. The lowest BCUT2D eigenvalue weighted by molar-refractivity contribution is 0.730. The van der Waals surface area contributed by atoms with Crippen LogP contribution in [0.2, 0.25) is 0 Å². The summed E-state index contributed by atoms with van der Waals surface area (Å²) in [6.45, 7) is 7.26. The van der Waals surface area contributed by atoms with Gasteiger partial charge in [-0.2, -0.15) is 0 Å². The lowest BCUT2D eigenvalue weighted by Gasteiger charge is -2.20. The van der Waals surface area contributed by atoms with Crippen LogP contribution in [0.4, 0.5) is 11.4 Å². The Hall–Kier alpha value is -2.07. The summed E-state index contributed by atoms with van der Waals surface area (Å²) in [5.74, 6) is 0. The van der Waals surface area contributed by atoms with Crippen LogP contribution in [0.5, 0.6) is 0 Å². The quantitative estimate of drug-likeness (QED) is 0.635. The van der Waals surface area contributed by atoms with E-state index in [2.05, 4.69) is 71.8 Å². The molecular weight excluding hydrogens is 314 g/mol. The number of hydrogen-bond acceptors (Lipinski definition) is 2. The molecule has 24 heavy (non-hydrogen) atoms. The molecule has 0 amide bonds. The number of para-hydroxylation sites is 1. The molecule has 0 aromatic heterocycles. The molecule has 3 nitrogen and oxygen atoms in total. The second kappa shape index (κ2) is 7.67. The van der Waals surface area contributed by atoms with Crippen molar-refractivity contribution in [3.8, 4) is 0 Å². The normalized spacial score (nSPS) is 12.8. The fourth-order valence-corrected chi connectivity index (χ4v) is 3.36. The number of benzene rings is 2. The van der Waals surface area contributed by atoms with E-state index in [9.17, 15) is 0 Å². The van der Waals surface area contributed by atoms with Crippen molar-refractivity contribution in [1.82, 2.24) is 5.32 Å². The van der Waals surface area contributed by atoms with Gasteiger partial charge in [-0.3, -0.25) is 0 Å². The number of fused-ring (bicyclic) bond motifs is 1. The van der Waals surface area contributed by atoms with Gasteiger partial charge in [-0.15, -0.1) is 0 Å². The molecule has 0 spiro atoms. The maximum absolute atomic E-state index is 5.41. The first-order valence-corrected chi connectivity index (χ1v) is 8.99. The van der Waals surface area contributed by atoms with E-state index in [1.807, 2.05) is 0 Å². The van der Waals surface area contributed by atoms with Crippen molar-refractivity contribution in [2.75, 3.05) is 29.9 Å². The molecule has 1 aliphatic heterocycles. The fourth-order valence-electron chi connectivity index (χ4n) is 3.15. The number of nitrogens with one attached hydrogen (secondary N) is 2. The molecule has 4 heteroatoms. The molecule has 1 heterocycles. The highest BCUT2D eigenvalue weighted by atomic mass is 32.1. The zero-order valence-electron chi connectivity index (χ0n) is 14.4. The van der Waals surface area contributed by atoms with Crippen molar-refractivity contribution >= 4 is 28.7 Å². The van der Waals surface area contributed by atoms with Crippen LogP contribution in [0.1, 0.15) is 23.1 Å². The van der Waals surface area contributed by atoms with Gasteiger partial charge in [0, 0.05) is 31.0 Å². The first-order valence-electron chi connectivity index (χ1n) is 8.58. The topological polar surface area (TPSA) is 27.3 Å². The average Bonchev–Trinajstić information content (AvgIpc) is 2.98. The van der Waals surface area contributed by atoms with Crippen LogP contribution in [0.15, 0.2) is 42.5 Å². The lowest BCUT2D eigenvalue weighted by Crippen LogP contribution is -2.32. The van der Waals surface area contributed by atoms with E-state index < -0.39 is 0 Å². The molecule has 2 aromatic rings. The van der Waals surface area contributed by atoms with Gasteiger partial charge in [0.25, 0.3) is 0 Å². The summed E-state index contributed by atoms with van der Waals surface area (Å²) in [4.78, 5) is 2.47. The molecule has 0 saturated heterocycles. The first-order chi connectivity index (χ1) is 11.6. The largest absolute Gasteiger partial charge is 0.371 e. The number of nitrogens with zero attached hydrogens (tertiary/aromatic N) is 1. The Bertz CT molecular complexity index is 727. The molecule has 0 aliphatic carbocycles. The van der Waals surface area contributed by atoms with Crippen LogP contribution in [0.3, 0.4) is 0 Å². The third kappa shape index (κ3) is 4.06. The van der Waals surface area contributed by atoms with Crippen molar-refractivity contribution in [2.45, 2.75) is 26.7 Å². The lowest BCUT2D eigenvalue weighted by atomic mass is 10.1. The van der Waals surface area contributed by atoms with E-state index in [1.54, 1.807) is 0 Å². The van der Waals surface area contributed by atoms with Crippen LogP contribution >= 0.6 is 12.2 Å². The smallest absolute Gasteiger partial charge is 0.170 e. The number of hydrogen-bond donors (Lipinski definition) is 2. The van der Waals surface area contributed by atoms with Gasteiger partial charge in [-0.05, 0) is 67.7 Å². The monoisotopic (exact) mass is 339 g/mol. The van der Waals surface area contributed by atoms with Gasteiger partial charge in [0.15, 0.2) is 5.11 Å². The van der Waals surface area contributed by atoms with Crippen LogP contribution in [0, 0.1) is 13.8 Å². The van der Waals surface area contributed by atoms with E-state index >= 15 is 0 Å². The molecule has 1 aliphatic rings. The molecule has 0 fully saturated rings. The Morgan fingerprint density at radius 3 is 2.88 bits per heavy atom. The second-order valence-corrected chi connectivity index (χ2v) is 6.83. The number of thiocarbonyl (C=S) groups is 1. The first kappa shape index (κ1) is 16.8. The molecule has 2 N–H and O–H groups in total. The van der Waals surface area contributed by atoms with E-state index in [0.717, 1.165) is 38.2 Å². The van der Waals surface area contributed by atoms with Crippen molar-refractivity contribution < 1.29 is 0 Å². The maximum atomic E-state index is 5.41. The molecule has 2 aromatic carbocycles. The molecule has 3 rings (SSSR count). The molecule has 0 saturated carbocycles. The Morgan fingerprint density at radius 2 is 2.00 bits per heavy atom. The summed E-state index contributed by atoms with van der Waals surface area (Å²) < 4.78 is 0. The second-order valence-electron chi connectivity index (χ2n) is 6.42. The molecule has 0 unspecified atom stereocenters. The van der Waals surface area contributed by atoms with Gasteiger partial charge in [0.1, 0.15) is 0 Å². The van der Waals surface area contributed by atoms with Crippen LogP contribution in [0.25, 0.3) is 0 Å². The van der Waals surface area contributed by atoms with Crippen molar-refractivity contribution in [2.24, 2.45) is 0 Å². The van der Waals surface area contributed by atoms with Gasteiger partial charge >= 0.3 is 0 Å². The molecular formula is C20H25N3S. The van der Waals surface area contributed by atoms with Gasteiger partial charge in [0.05, 0.1) is 0 Å². The standard InChI is InChI=1S/C20H25N3S/c1-15-8-9-16(2)18(14-15)22-20(24)21-11-5-12-23-13-10-17-6-3-4-7-19(17)23/h3-4,6-9,14H,5,10-13H2,1-2H3,(H2,21,22,24). The minimum atomic E-state index is 0.700. The molecule has 126 valence electrons. The van der Waals surface area contributed by atoms with E-state index in [4.69, 9.17) is 12.2 Å². The summed E-state index contributed by atoms with van der Waals surface area (Å²) >= 11 is 5.41. The van der Waals surface area contributed by atoms with Gasteiger partial charge in [0.2, 0.25) is 0 Å². The summed E-state index contributed by atoms with van der Waals surface area (Å²) in [6, 6.07) is 15.1. The molecule has 0 atom stereocenters. The Labute approximate surface area is 150 Å². The number of aryl methyl sites for hydroxylation is 2. The third-order valence-corrected chi connectivity index (χ3v) is 4.76. The third-order valence-electron chi connectivity index (χ3n) is 4.52. The van der Waals surface area contributed by atoms with Crippen molar-refractivity contribution in [3.63, 3.8) is 0 Å². The van der Waals surface area contributed by atoms with Crippen molar-refractivity contribution in [3.05, 3.63) is 59.2 Å². The Balaban J connectivity index is 1.42. The fraction of sp³-hybridized carbons (Fsp3) is 0.350. The van der Waals surface area contributed by atoms with E-state index in [-0.39, 0.29) is 0 Å². The number of rotatable bonds is 5. The van der Waals surface area contributed by atoms with Crippen molar-refractivity contribution in [1.29, 1.82) is 0 Å².